The van der Waals surface area contributed by atoms with Gasteiger partial charge in [0.25, 0.3) is 0 Å². The van der Waals surface area contributed by atoms with Crippen LogP contribution in [0.3, 0.4) is 0 Å². The molecule has 0 radical (unpaired) electrons. The Hall–Kier alpha value is -0.740. The summed E-state index contributed by atoms with van der Waals surface area (Å²) in [6, 6.07) is 0. The Kier molecular flexibility index (Phi) is 5.33. The fourth-order valence-electron chi connectivity index (χ4n) is 3.64. The van der Waals surface area contributed by atoms with E-state index in [0.717, 1.165) is 32.1 Å². The van der Waals surface area contributed by atoms with Gasteiger partial charge in [-0.3, -0.25) is 0 Å². The third kappa shape index (κ3) is 4.13. The number of nitrogens with zero attached hydrogens (tertiary/aromatic N) is 4. The van der Waals surface area contributed by atoms with Crippen molar-refractivity contribution in [3.05, 3.63) is 12.4 Å². The summed E-state index contributed by atoms with van der Waals surface area (Å²) in [6.45, 7) is 15.0. The fraction of sp³-hybridized carbons (Fsp3) is 0.875. The molecule has 0 N–H and O–H groups in total. The molecular weight excluding hydrogens is 248 g/mol. The molecule has 2 fully saturated rings. The van der Waals surface area contributed by atoms with Crippen LogP contribution in [0.2, 0.25) is 0 Å². The number of hydrogen-bond donors (Lipinski definition) is 0. The van der Waals surface area contributed by atoms with Gasteiger partial charge in [0.2, 0.25) is 0 Å². The van der Waals surface area contributed by atoms with Gasteiger partial charge in [0.05, 0.1) is 5.82 Å². The average molecular weight is 280 g/mol. The monoisotopic (exact) mass is 280 g/mol. The smallest absolute Gasteiger partial charge is 0.0966 e. The zero-order chi connectivity index (χ0) is 14.7. The van der Waals surface area contributed by atoms with Crippen LogP contribution in [0, 0.1) is 11.8 Å². The van der Waals surface area contributed by atoms with Gasteiger partial charge in [-0.15, -0.1) is 0 Å². The molecule has 0 aromatic rings. The Labute approximate surface area is 125 Å². The van der Waals surface area contributed by atoms with E-state index in [4.69, 9.17) is 0 Å². The van der Waals surface area contributed by atoms with Crippen LogP contribution in [0.5, 0.6) is 0 Å². The summed E-state index contributed by atoms with van der Waals surface area (Å²) in [5.74, 6) is 2.78. The normalized spacial score (nSPS) is 26.1. The van der Waals surface area contributed by atoms with E-state index in [1.807, 2.05) is 0 Å². The van der Waals surface area contributed by atoms with Crippen LogP contribution in [0.25, 0.3) is 0 Å². The molecule has 0 amide bonds. The van der Waals surface area contributed by atoms with E-state index in [0.29, 0.717) is 5.92 Å². The van der Waals surface area contributed by atoms with Crippen LogP contribution in [-0.2, 0) is 0 Å². The highest BCUT2D eigenvalue weighted by atomic mass is 15.4. The summed E-state index contributed by atoms with van der Waals surface area (Å²) in [7, 11) is 6.53. The van der Waals surface area contributed by atoms with Gasteiger partial charge in [0.15, 0.2) is 0 Å². The topological polar surface area (TPSA) is 13.0 Å². The highest BCUT2D eigenvalue weighted by Gasteiger charge is 2.28. The van der Waals surface area contributed by atoms with Crippen molar-refractivity contribution in [2.45, 2.75) is 13.3 Å². The van der Waals surface area contributed by atoms with Crippen molar-refractivity contribution in [3.8, 4) is 0 Å². The predicted octanol–water partition coefficient (Wildman–Crippen LogP) is 1.22. The second-order valence-electron chi connectivity index (χ2n) is 7.09. The van der Waals surface area contributed by atoms with Gasteiger partial charge >= 0.3 is 0 Å². The zero-order valence-electron chi connectivity index (χ0n) is 13.8. The quantitative estimate of drug-likeness (QED) is 0.725. The first-order chi connectivity index (χ1) is 9.45. The maximum atomic E-state index is 4.33. The Morgan fingerprint density at radius 3 is 2.55 bits per heavy atom. The molecule has 2 aliphatic rings. The molecule has 116 valence electrons. The molecule has 2 atom stereocenters. The summed E-state index contributed by atoms with van der Waals surface area (Å²) in [5, 5.41) is 0. The molecule has 0 saturated carbocycles. The average Bonchev–Trinajstić information content (AvgIpc) is 2.89. The van der Waals surface area contributed by atoms with Crippen molar-refractivity contribution in [3.63, 3.8) is 0 Å². The minimum atomic E-state index is 0.694. The van der Waals surface area contributed by atoms with E-state index < -0.39 is 0 Å². The van der Waals surface area contributed by atoms with Gasteiger partial charge in [-0.25, -0.2) is 0 Å². The molecule has 0 bridgehead atoms. The van der Waals surface area contributed by atoms with E-state index >= 15 is 0 Å². The van der Waals surface area contributed by atoms with Crippen LogP contribution in [-0.4, -0.2) is 86.6 Å². The molecule has 2 heterocycles. The molecule has 2 saturated heterocycles. The lowest BCUT2D eigenvalue weighted by molar-refractivity contribution is 0.250. The Morgan fingerprint density at radius 1 is 1.25 bits per heavy atom. The van der Waals surface area contributed by atoms with E-state index in [1.54, 1.807) is 0 Å². The van der Waals surface area contributed by atoms with Gasteiger partial charge in [-0.05, 0) is 45.9 Å². The Balaban J connectivity index is 1.77. The van der Waals surface area contributed by atoms with E-state index in [-0.39, 0.29) is 0 Å². The lowest BCUT2D eigenvalue weighted by atomic mass is 10.1. The molecule has 2 unspecified atom stereocenters. The van der Waals surface area contributed by atoms with Gasteiger partial charge in [-0.2, -0.15) is 0 Å². The molecule has 0 aromatic carbocycles. The van der Waals surface area contributed by atoms with E-state index in [1.165, 1.54) is 31.9 Å². The van der Waals surface area contributed by atoms with Gasteiger partial charge in [-0.1, -0.05) is 13.5 Å². The van der Waals surface area contributed by atoms with Crippen molar-refractivity contribution < 1.29 is 0 Å². The van der Waals surface area contributed by atoms with Crippen LogP contribution >= 0.6 is 0 Å². The van der Waals surface area contributed by atoms with Gasteiger partial charge in [0.1, 0.15) is 0 Å². The zero-order valence-corrected chi connectivity index (χ0v) is 13.8. The van der Waals surface area contributed by atoms with Crippen LogP contribution in [0.4, 0.5) is 0 Å². The van der Waals surface area contributed by atoms with Crippen molar-refractivity contribution in [2.75, 3.05) is 67.0 Å². The van der Waals surface area contributed by atoms with Crippen LogP contribution in [0.1, 0.15) is 13.3 Å². The summed E-state index contributed by atoms with van der Waals surface area (Å²) in [6.07, 6.45) is 1.34. The predicted molar refractivity (Wildman–Crippen MR) is 85.6 cm³/mol. The van der Waals surface area contributed by atoms with E-state index in [9.17, 15) is 0 Å². The number of hydrogen-bond acceptors (Lipinski definition) is 4. The summed E-state index contributed by atoms with van der Waals surface area (Å²) >= 11 is 0. The molecular formula is C16H32N4. The molecule has 2 aliphatic heterocycles. The first-order valence-electron chi connectivity index (χ1n) is 7.97. The van der Waals surface area contributed by atoms with Crippen molar-refractivity contribution >= 4 is 0 Å². The van der Waals surface area contributed by atoms with Crippen LogP contribution in [0.15, 0.2) is 12.4 Å². The van der Waals surface area contributed by atoms with Gasteiger partial charge in [0, 0.05) is 39.3 Å². The fourth-order valence-corrected chi connectivity index (χ4v) is 3.64. The highest BCUT2D eigenvalue weighted by Crippen LogP contribution is 2.23. The second kappa shape index (κ2) is 6.81. The van der Waals surface area contributed by atoms with Crippen molar-refractivity contribution in [2.24, 2.45) is 11.8 Å². The van der Waals surface area contributed by atoms with Crippen molar-refractivity contribution in [1.29, 1.82) is 0 Å². The number of rotatable bonds is 6. The van der Waals surface area contributed by atoms with Crippen molar-refractivity contribution in [1.82, 2.24) is 19.6 Å². The van der Waals surface area contributed by atoms with Gasteiger partial charge < -0.3 is 19.6 Å². The summed E-state index contributed by atoms with van der Waals surface area (Å²) in [4.78, 5) is 9.70. The molecule has 4 heteroatoms. The standard InChI is InChI=1S/C16H32N4/c1-14(10-17(3)4)11-19-8-9-20(15(19)2)13-16-6-7-18(5)12-16/h14,16H,2,6-13H2,1,3-5H3. The molecule has 2 rings (SSSR count). The highest BCUT2D eigenvalue weighted by molar-refractivity contribution is 5.01. The first-order valence-corrected chi connectivity index (χ1v) is 7.97. The summed E-state index contributed by atoms with van der Waals surface area (Å²) < 4.78 is 0. The SMILES string of the molecule is C=C1N(CC(C)CN(C)C)CCN1CC1CCN(C)C1. The Bertz CT molecular complexity index is 328. The second-order valence-corrected chi connectivity index (χ2v) is 7.09. The largest absolute Gasteiger partial charge is 0.357 e. The molecule has 0 aromatic heterocycles. The molecule has 0 spiro atoms. The third-order valence-corrected chi connectivity index (χ3v) is 4.55. The maximum Gasteiger partial charge on any atom is 0.0966 e. The number of likely N-dealkylation sites (tertiary alicyclic amines) is 1. The molecule has 0 aliphatic carbocycles. The lowest BCUT2D eigenvalue weighted by Gasteiger charge is -2.28. The lowest BCUT2D eigenvalue weighted by Crippen LogP contribution is -2.32. The third-order valence-electron chi connectivity index (χ3n) is 4.55. The summed E-state index contributed by atoms with van der Waals surface area (Å²) in [5.41, 5.74) is 0. The first kappa shape index (κ1) is 15.6. The minimum Gasteiger partial charge on any atom is -0.357 e. The molecule has 20 heavy (non-hydrogen) atoms. The van der Waals surface area contributed by atoms with E-state index in [2.05, 4.69) is 54.2 Å². The Morgan fingerprint density at radius 2 is 1.95 bits per heavy atom. The molecule has 4 nitrogen and oxygen atoms in total. The minimum absolute atomic E-state index is 0.694. The maximum absolute atomic E-state index is 4.33. The van der Waals surface area contributed by atoms with Crippen LogP contribution < -0.4 is 0 Å².